The van der Waals surface area contributed by atoms with Crippen LogP contribution < -0.4 is 0 Å². The molecule has 0 spiro atoms. The number of hydrogen-bond acceptors (Lipinski definition) is 6. The maximum Gasteiger partial charge on any atom is 0.364 e. The first kappa shape index (κ1) is 15.8. The van der Waals surface area contributed by atoms with Crippen LogP contribution in [-0.4, -0.2) is 60.8 Å². The van der Waals surface area contributed by atoms with Gasteiger partial charge in [-0.05, 0) is 20.8 Å². The molecular formula is C9H22BO6-. The molecule has 0 aliphatic heterocycles. The molecule has 98 valence electrons. The maximum atomic E-state index is 9.03. The van der Waals surface area contributed by atoms with E-state index in [1.165, 1.54) is 0 Å². The topological polar surface area (TPSA) is 88.4 Å². The van der Waals surface area contributed by atoms with Gasteiger partial charge in [0.2, 0.25) is 0 Å². The Kier molecular flexibility index (Phi) is 8.82. The van der Waals surface area contributed by atoms with Crippen molar-refractivity contribution in [3.05, 3.63) is 0 Å². The molecule has 0 fully saturated rings. The molecular weight excluding hydrogens is 215 g/mol. The molecule has 0 aromatic rings. The molecule has 0 aliphatic carbocycles. The Hall–Kier alpha value is -0.175. The van der Waals surface area contributed by atoms with E-state index in [4.69, 9.17) is 29.3 Å². The van der Waals surface area contributed by atoms with Crippen molar-refractivity contribution in [2.75, 3.05) is 19.8 Å². The van der Waals surface area contributed by atoms with Gasteiger partial charge in [0.25, 0.3) is 0 Å². The molecule has 0 aromatic carbocycles. The van der Waals surface area contributed by atoms with Crippen molar-refractivity contribution in [1.29, 1.82) is 0 Å². The van der Waals surface area contributed by atoms with Gasteiger partial charge >= 0.3 is 7.32 Å². The fourth-order valence-corrected chi connectivity index (χ4v) is 0.977. The number of aliphatic hydroxyl groups is 3. The van der Waals surface area contributed by atoms with Crippen molar-refractivity contribution in [1.82, 2.24) is 0 Å². The second-order valence-corrected chi connectivity index (χ2v) is 4.01. The van der Waals surface area contributed by atoms with Crippen molar-refractivity contribution in [2.24, 2.45) is 0 Å². The van der Waals surface area contributed by atoms with Crippen LogP contribution in [0.4, 0.5) is 0 Å². The lowest BCUT2D eigenvalue weighted by Crippen LogP contribution is -2.34. The molecule has 0 aliphatic rings. The second kappa shape index (κ2) is 8.92. The van der Waals surface area contributed by atoms with Crippen molar-refractivity contribution in [2.45, 2.75) is 39.1 Å². The highest BCUT2D eigenvalue weighted by Gasteiger charge is 2.08. The molecule has 7 heteroatoms. The van der Waals surface area contributed by atoms with Gasteiger partial charge < -0.3 is 29.3 Å². The summed E-state index contributed by atoms with van der Waals surface area (Å²) in [7, 11) is -1.82. The van der Waals surface area contributed by atoms with E-state index in [-0.39, 0.29) is 19.8 Å². The molecule has 6 nitrogen and oxygen atoms in total. The lowest BCUT2D eigenvalue weighted by Gasteiger charge is -2.29. The standard InChI is InChI=1S/C9H22BO6/c1-7(11)4-14-10(15-5-8(2)12)16-6-9(3)13/h7-13H,4-6H2,1-3H3/q-1. The summed E-state index contributed by atoms with van der Waals surface area (Å²) in [5.74, 6) is 0. The Morgan fingerprint density at radius 2 is 1.00 bits per heavy atom. The SMILES string of the molecule is CC(O)CO[BH-](OCC(C)O)OCC(C)O. The summed E-state index contributed by atoms with van der Waals surface area (Å²) in [4.78, 5) is 0. The van der Waals surface area contributed by atoms with Crippen molar-refractivity contribution in [3.8, 4) is 0 Å². The zero-order valence-electron chi connectivity index (χ0n) is 10.1. The van der Waals surface area contributed by atoms with Crippen LogP contribution in [0.1, 0.15) is 20.8 Å². The third-order valence-corrected chi connectivity index (χ3v) is 1.58. The van der Waals surface area contributed by atoms with Crippen LogP contribution in [0.2, 0.25) is 0 Å². The Balaban J connectivity index is 3.85. The molecule has 0 heterocycles. The number of rotatable bonds is 9. The molecule has 0 saturated heterocycles. The predicted molar refractivity (Wildman–Crippen MR) is 60.0 cm³/mol. The average molecular weight is 237 g/mol. The van der Waals surface area contributed by atoms with Crippen LogP contribution in [0, 0.1) is 0 Å². The van der Waals surface area contributed by atoms with Crippen LogP contribution in [-0.2, 0) is 14.0 Å². The van der Waals surface area contributed by atoms with E-state index in [1.54, 1.807) is 20.8 Å². The summed E-state index contributed by atoms with van der Waals surface area (Å²) in [6.45, 7) is 5.04. The summed E-state index contributed by atoms with van der Waals surface area (Å²) in [6, 6.07) is 0. The summed E-state index contributed by atoms with van der Waals surface area (Å²) in [5, 5.41) is 27.1. The highest BCUT2D eigenvalue weighted by Crippen LogP contribution is 1.98. The van der Waals surface area contributed by atoms with E-state index in [2.05, 4.69) is 0 Å². The molecule has 0 bridgehead atoms. The molecule has 0 aromatic heterocycles. The zero-order chi connectivity index (χ0) is 12.6. The van der Waals surface area contributed by atoms with Crippen LogP contribution >= 0.6 is 0 Å². The van der Waals surface area contributed by atoms with E-state index in [9.17, 15) is 0 Å². The fourth-order valence-electron chi connectivity index (χ4n) is 0.977. The molecule has 3 atom stereocenters. The van der Waals surface area contributed by atoms with Gasteiger partial charge in [-0.15, -0.1) is 0 Å². The molecule has 3 unspecified atom stereocenters. The lowest BCUT2D eigenvalue weighted by molar-refractivity contribution is 0.0132. The van der Waals surface area contributed by atoms with Crippen LogP contribution in [0.5, 0.6) is 0 Å². The van der Waals surface area contributed by atoms with Gasteiger partial charge in [-0.2, -0.15) is 0 Å². The summed E-state index contributed by atoms with van der Waals surface area (Å²) in [5.41, 5.74) is 0. The fraction of sp³-hybridized carbons (Fsp3) is 1.00. The van der Waals surface area contributed by atoms with Gasteiger partial charge in [-0.1, -0.05) is 0 Å². The minimum Gasteiger partial charge on any atom is -0.545 e. The van der Waals surface area contributed by atoms with E-state index in [0.29, 0.717) is 0 Å². The minimum absolute atomic E-state index is 0.0968. The van der Waals surface area contributed by atoms with E-state index in [1.807, 2.05) is 0 Å². The highest BCUT2D eigenvalue weighted by atomic mass is 16.7. The Morgan fingerprint density at radius 1 is 0.750 bits per heavy atom. The molecule has 3 N–H and O–H groups in total. The third-order valence-electron chi connectivity index (χ3n) is 1.58. The minimum atomic E-state index is -1.82. The first-order chi connectivity index (χ1) is 7.41. The first-order valence-corrected chi connectivity index (χ1v) is 5.46. The monoisotopic (exact) mass is 237 g/mol. The maximum absolute atomic E-state index is 9.03. The van der Waals surface area contributed by atoms with Crippen LogP contribution in [0.3, 0.4) is 0 Å². The molecule has 0 saturated carbocycles. The van der Waals surface area contributed by atoms with E-state index >= 15 is 0 Å². The van der Waals surface area contributed by atoms with Gasteiger partial charge in [0, 0.05) is 19.8 Å². The Bertz CT molecular complexity index is 136. The molecule has 0 amide bonds. The largest absolute Gasteiger partial charge is 0.545 e. The van der Waals surface area contributed by atoms with Gasteiger partial charge in [0.1, 0.15) is 0 Å². The van der Waals surface area contributed by atoms with Crippen LogP contribution in [0.25, 0.3) is 0 Å². The Labute approximate surface area is 96.3 Å². The lowest BCUT2D eigenvalue weighted by atomic mass is 10.2. The van der Waals surface area contributed by atoms with Gasteiger partial charge in [-0.3, -0.25) is 0 Å². The third kappa shape index (κ3) is 10.3. The first-order valence-electron chi connectivity index (χ1n) is 5.46. The summed E-state index contributed by atoms with van der Waals surface area (Å²) >= 11 is 0. The molecule has 0 rings (SSSR count). The Morgan fingerprint density at radius 3 is 1.19 bits per heavy atom. The van der Waals surface area contributed by atoms with E-state index in [0.717, 1.165) is 0 Å². The normalized spacial score (nSPS) is 19.1. The zero-order valence-corrected chi connectivity index (χ0v) is 10.1. The van der Waals surface area contributed by atoms with Crippen LogP contribution in [0.15, 0.2) is 0 Å². The quantitative estimate of drug-likeness (QED) is 0.441. The van der Waals surface area contributed by atoms with Crippen molar-refractivity contribution >= 4 is 7.32 Å². The molecule has 16 heavy (non-hydrogen) atoms. The second-order valence-electron chi connectivity index (χ2n) is 4.01. The highest BCUT2D eigenvalue weighted by molar-refractivity contribution is 6.36. The van der Waals surface area contributed by atoms with Gasteiger partial charge in [0.15, 0.2) is 0 Å². The smallest absolute Gasteiger partial charge is 0.364 e. The van der Waals surface area contributed by atoms with E-state index < -0.39 is 25.6 Å². The van der Waals surface area contributed by atoms with Crippen molar-refractivity contribution < 1.29 is 29.3 Å². The van der Waals surface area contributed by atoms with Gasteiger partial charge in [0.05, 0.1) is 18.3 Å². The average Bonchev–Trinajstić information content (AvgIpc) is 2.15. The predicted octanol–water partition coefficient (Wildman–Crippen LogP) is -1.10. The van der Waals surface area contributed by atoms with Gasteiger partial charge in [-0.25, -0.2) is 0 Å². The molecule has 0 radical (unpaired) electrons. The summed E-state index contributed by atoms with van der Waals surface area (Å²) < 4.78 is 15.5. The number of aliphatic hydroxyl groups excluding tert-OH is 3. The number of hydrogen-bond donors (Lipinski definition) is 3. The van der Waals surface area contributed by atoms with Crippen molar-refractivity contribution in [3.63, 3.8) is 0 Å². The summed E-state index contributed by atoms with van der Waals surface area (Å²) in [6.07, 6.45) is -1.83.